The van der Waals surface area contributed by atoms with Crippen molar-refractivity contribution in [3.8, 4) is 0 Å². The third kappa shape index (κ3) is 4.03. The molecule has 0 radical (unpaired) electrons. The Hall–Kier alpha value is -0.960. The minimum atomic E-state index is -3.62. The zero-order valence-corrected chi connectivity index (χ0v) is 14.9. The molecule has 0 saturated carbocycles. The lowest BCUT2D eigenvalue weighted by Gasteiger charge is -2.08. The summed E-state index contributed by atoms with van der Waals surface area (Å²) in [6.45, 7) is 5.33. The average molecular weight is 390 g/mol. The molecule has 0 saturated heterocycles. The number of nitrogens with zero attached hydrogens (tertiary/aromatic N) is 1. The first kappa shape index (κ1) is 16.4. The van der Waals surface area contributed by atoms with Gasteiger partial charge in [0.1, 0.15) is 4.90 Å². The minimum Gasteiger partial charge on any atom is -0.312 e. The molecule has 8 heteroatoms. The van der Waals surface area contributed by atoms with E-state index in [4.69, 9.17) is 0 Å². The Labute approximate surface area is 137 Å². The number of anilines is 1. The van der Waals surface area contributed by atoms with E-state index in [1.807, 2.05) is 13.8 Å². The van der Waals surface area contributed by atoms with Crippen LogP contribution in [0.25, 0.3) is 0 Å². The molecule has 2 rings (SSSR count). The summed E-state index contributed by atoms with van der Waals surface area (Å²) in [4.78, 5) is 5.16. The monoisotopic (exact) mass is 389 g/mol. The molecule has 5 nitrogen and oxygen atoms in total. The van der Waals surface area contributed by atoms with E-state index in [0.717, 1.165) is 17.0 Å². The molecule has 0 fully saturated rings. The van der Waals surface area contributed by atoms with Crippen LogP contribution in [0.2, 0.25) is 0 Å². The molecule has 0 unspecified atom stereocenters. The molecule has 0 aromatic carbocycles. The SMILES string of the molecule is CCNCc1cc(S(=O)(=O)Nc2cnccc2C)c(Br)s1. The van der Waals surface area contributed by atoms with Gasteiger partial charge in [-0.05, 0) is 47.1 Å². The van der Waals surface area contributed by atoms with Gasteiger partial charge < -0.3 is 5.32 Å². The molecule has 0 spiro atoms. The molecule has 0 atom stereocenters. The van der Waals surface area contributed by atoms with Gasteiger partial charge in [-0.25, -0.2) is 8.42 Å². The third-order valence-electron chi connectivity index (χ3n) is 2.83. The molecule has 21 heavy (non-hydrogen) atoms. The predicted molar refractivity (Wildman–Crippen MR) is 89.2 cm³/mol. The van der Waals surface area contributed by atoms with Gasteiger partial charge in [0, 0.05) is 17.6 Å². The van der Waals surface area contributed by atoms with Crippen molar-refractivity contribution in [3.63, 3.8) is 0 Å². The summed E-state index contributed by atoms with van der Waals surface area (Å²) >= 11 is 4.75. The number of aromatic nitrogens is 1. The van der Waals surface area contributed by atoms with E-state index in [1.54, 1.807) is 18.3 Å². The maximum atomic E-state index is 12.5. The lowest BCUT2D eigenvalue weighted by atomic mass is 10.3. The molecule has 0 aliphatic carbocycles. The highest BCUT2D eigenvalue weighted by Crippen LogP contribution is 2.33. The van der Waals surface area contributed by atoms with Crippen LogP contribution in [0.5, 0.6) is 0 Å². The molecule has 2 heterocycles. The maximum absolute atomic E-state index is 12.5. The standard InChI is InChI=1S/C13H16BrN3O2S2/c1-3-15-7-10-6-12(13(14)20-10)21(18,19)17-11-8-16-5-4-9(11)2/h4-6,8,15,17H,3,7H2,1-2H3. The van der Waals surface area contributed by atoms with Crippen LogP contribution in [0.1, 0.15) is 17.4 Å². The Balaban J connectivity index is 2.27. The van der Waals surface area contributed by atoms with Crippen molar-refractivity contribution in [1.82, 2.24) is 10.3 Å². The van der Waals surface area contributed by atoms with Gasteiger partial charge >= 0.3 is 0 Å². The topological polar surface area (TPSA) is 71.1 Å². The molecule has 0 aliphatic rings. The van der Waals surface area contributed by atoms with E-state index < -0.39 is 10.0 Å². The number of halogens is 1. The number of rotatable bonds is 6. The summed E-state index contributed by atoms with van der Waals surface area (Å²) in [5.74, 6) is 0. The van der Waals surface area contributed by atoms with Gasteiger partial charge in [-0.3, -0.25) is 9.71 Å². The Morgan fingerprint density at radius 3 is 2.86 bits per heavy atom. The zero-order valence-electron chi connectivity index (χ0n) is 11.7. The van der Waals surface area contributed by atoms with E-state index in [1.165, 1.54) is 17.5 Å². The van der Waals surface area contributed by atoms with Crippen molar-refractivity contribution in [2.75, 3.05) is 11.3 Å². The second-order valence-corrected chi connectivity index (χ2v) is 8.53. The van der Waals surface area contributed by atoms with Crippen molar-refractivity contribution < 1.29 is 8.42 Å². The number of aryl methyl sites for hydroxylation is 1. The lowest BCUT2D eigenvalue weighted by Crippen LogP contribution is -2.14. The van der Waals surface area contributed by atoms with Crippen molar-refractivity contribution in [1.29, 1.82) is 0 Å². The molecule has 2 aromatic rings. The fourth-order valence-electron chi connectivity index (χ4n) is 1.69. The Morgan fingerprint density at radius 2 is 2.19 bits per heavy atom. The van der Waals surface area contributed by atoms with Crippen LogP contribution in [0.3, 0.4) is 0 Å². The number of nitrogens with one attached hydrogen (secondary N) is 2. The summed E-state index contributed by atoms with van der Waals surface area (Å²) in [5, 5.41) is 3.18. The van der Waals surface area contributed by atoms with E-state index >= 15 is 0 Å². The highest BCUT2D eigenvalue weighted by atomic mass is 79.9. The third-order valence-corrected chi connectivity index (χ3v) is 6.45. The first-order valence-corrected chi connectivity index (χ1v) is 9.45. The van der Waals surface area contributed by atoms with E-state index in [0.29, 0.717) is 16.0 Å². The van der Waals surface area contributed by atoms with Gasteiger partial charge in [-0.2, -0.15) is 0 Å². The highest BCUT2D eigenvalue weighted by Gasteiger charge is 2.21. The highest BCUT2D eigenvalue weighted by molar-refractivity contribution is 9.11. The first-order chi connectivity index (χ1) is 9.94. The van der Waals surface area contributed by atoms with E-state index in [2.05, 4.69) is 31.0 Å². The van der Waals surface area contributed by atoms with Crippen molar-refractivity contribution in [2.24, 2.45) is 0 Å². The molecule has 2 aromatic heterocycles. The number of hydrogen-bond donors (Lipinski definition) is 2. The van der Waals surface area contributed by atoms with Gasteiger partial charge in [0.25, 0.3) is 10.0 Å². The number of thiophene rings is 1. The normalized spacial score (nSPS) is 11.6. The first-order valence-electron chi connectivity index (χ1n) is 6.36. The second-order valence-electron chi connectivity index (χ2n) is 4.43. The Bertz CT molecular complexity index is 729. The van der Waals surface area contributed by atoms with Crippen LogP contribution >= 0.6 is 27.3 Å². The molecular formula is C13H16BrN3O2S2. The molecule has 0 amide bonds. The number of sulfonamides is 1. The summed E-state index contributed by atoms with van der Waals surface area (Å²) < 4.78 is 28.1. The lowest BCUT2D eigenvalue weighted by molar-refractivity contribution is 0.601. The van der Waals surface area contributed by atoms with Crippen LogP contribution in [0.15, 0.2) is 33.2 Å². The predicted octanol–water partition coefficient (Wildman–Crippen LogP) is 3.12. The minimum absolute atomic E-state index is 0.253. The van der Waals surface area contributed by atoms with Gasteiger partial charge in [0.05, 0.1) is 15.7 Å². The summed E-state index contributed by atoms with van der Waals surface area (Å²) in [7, 11) is -3.62. The fraction of sp³-hybridized carbons (Fsp3) is 0.308. The van der Waals surface area contributed by atoms with E-state index in [9.17, 15) is 8.42 Å². The fourth-order valence-corrected chi connectivity index (χ4v) is 5.46. The van der Waals surface area contributed by atoms with Gasteiger partial charge in [0.15, 0.2) is 0 Å². The molecule has 114 valence electrons. The van der Waals surface area contributed by atoms with Gasteiger partial charge in [-0.15, -0.1) is 11.3 Å². The Morgan fingerprint density at radius 1 is 1.43 bits per heavy atom. The Kier molecular flexibility index (Phi) is 5.37. The van der Waals surface area contributed by atoms with Gasteiger partial charge in [0.2, 0.25) is 0 Å². The molecule has 0 aliphatic heterocycles. The van der Waals surface area contributed by atoms with Gasteiger partial charge in [-0.1, -0.05) is 6.92 Å². The summed E-state index contributed by atoms with van der Waals surface area (Å²) in [6, 6.07) is 3.45. The summed E-state index contributed by atoms with van der Waals surface area (Å²) in [5.41, 5.74) is 1.32. The number of pyridine rings is 1. The van der Waals surface area contributed by atoms with Crippen LogP contribution in [-0.4, -0.2) is 19.9 Å². The largest absolute Gasteiger partial charge is 0.312 e. The van der Waals surface area contributed by atoms with Crippen LogP contribution in [-0.2, 0) is 16.6 Å². The second kappa shape index (κ2) is 6.87. The smallest absolute Gasteiger partial charge is 0.263 e. The number of hydrogen-bond acceptors (Lipinski definition) is 5. The quantitative estimate of drug-likeness (QED) is 0.795. The van der Waals surface area contributed by atoms with Crippen molar-refractivity contribution in [2.45, 2.75) is 25.3 Å². The van der Waals surface area contributed by atoms with Crippen molar-refractivity contribution >= 4 is 43.0 Å². The summed E-state index contributed by atoms with van der Waals surface area (Å²) in [6.07, 6.45) is 3.13. The van der Waals surface area contributed by atoms with Crippen LogP contribution in [0.4, 0.5) is 5.69 Å². The van der Waals surface area contributed by atoms with Crippen molar-refractivity contribution in [3.05, 3.63) is 38.8 Å². The zero-order chi connectivity index (χ0) is 15.5. The molecule has 0 bridgehead atoms. The van der Waals surface area contributed by atoms with E-state index in [-0.39, 0.29) is 4.90 Å². The maximum Gasteiger partial charge on any atom is 0.263 e. The van der Waals surface area contributed by atoms with Crippen LogP contribution in [0, 0.1) is 6.92 Å². The van der Waals surface area contributed by atoms with Crippen LogP contribution < -0.4 is 10.0 Å². The molecular weight excluding hydrogens is 374 g/mol. The molecule has 2 N–H and O–H groups in total. The average Bonchev–Trinajstić information content (AvgIpc) is 2.81.